The highest BCUT2D eigenvalue weighted by molar-refractivity contribution is 5.78. The number of rotatable bonds is 8. The van der Waals surface area contributed by atoms with Gasteiger partial charge in [0.1, 0.15) is 0 Å². The largest absolute Gasteiger partial charge is 0.493 e. The maximum atomic E-state index is 12.5. The highest BCUT2D eigenvalue weighted by atomic mass is 16.5. The molecule has 1 aliphatic heterocycles. The van der Waals surface area contributed by atoms with Crippen LogP contribution in [0.4, 0.5) is 0 Å². The van der Waals surface area contributed by atoms with Crippen molar-refractivity contribution in [1.82, 2.24) is 4.90 Å². The molecule has 150 valence electrons. The molecule has 2 aromatic carbocycles. The van der Waals surface area contributed by atoms with E-state index in [0.29, 0.717) is 36.0 Å². The van der Waals surface area contributed by atoms with Crippen molar-refractivity contribution < 1.29 is 23.7 Å². The highest BCUT2D eigenvalue weighted by Crippen LogP contribution is 2.32. The summed E-state index contributed by atoms with van der Waals surface area (Å²) in [5.74, 6) is 2.94. The molecule has 3 rings (SSSR count). The van der Waals surface area contributed by atoms with E-state index < -0.39 is 0 Å². The molecule has 6 nitrogen and oxygen atoms in total. The summed E-state index contributed by atoms with van der Waals surface area (Å²) < 4.78 is 21.4. The molecule has 1 saturated heterocycles. The number of methoxy groups -OCH3 is 4. The summed E-state index contributed by atoms with van der Waals surface area (Å²) in [6.07, 6.45) is 2.20. The van der Waals surface area contributed by atoms with Crippen LogP contribution in [0.25, 0.3) is 0 Å². The first-order valence-electron chi connectivity index (χ1n) is 9.30. The van der Waals surface area contributed by atoms with Gasteiger partial charge in [-0.15, -0.1) is 0 Å². The molecular weight excluding hydrogens is 358 g/mol. The van der Waals surface area contributed by atoms with Gasteiger partial charge in [-0.05, 0) is 48.2 Å². The zero-order valence-corrected chi connectivity index (χ0v) is 16.9. The van der Waals surface area contributed by atoms with Crippen LogP contribution in [0, 0.1) is 0 Å². The number of likely N-dealkylation sites (tertiary alicyclic amines) is 1. The minimum Gasteiger partial charge on any atom is -0.493 e. The third kappa shape index (κ3) is 4.16. The number of carbonyl (C=O) groups is 1. The lowest BCUT2D eigenvalue weighted by Crippen LogP contribution is -2.33. The van der Waals surface area contributed by atoms with Gasteiger partial charge in [0.2, 0.25) is 5.91 Å². The predicted molar refractivity (Wildman–Crippen MR) is 106 cm³/mol. The van der Waals surface area contributed by atoms with Crippen molar-refractivity contribution in [2.45, 2.75) is 31.8 Å². The van der Waals surface area contributed by atoms with E-state index in [0.717, 1.165) is 24.0 Å². The van der Waals surface area contributed by atoms with Crippen LogP contribution < -0.4 is 18.9 Å². The molecule has 0 spiro atoms. The topological polar surface area (TPSA) is 57.2 Å². The van der Waals surface area contributed by atoms with Gasteiger partial charge in [-0.2, -0.15) is 0 Å². The van der Waals surface area contributed by atoms with E-state index in [-0.39, 0.29) is 11.9 Å². The van der Waals surface area contributed by atoms with Gasteiger partial charge < -0.3 is 23.8 Å². The zero-order chi connectivity index (χ0) is 20.1. The highest BCUT2D eigenvalue weighted by Gasteiger charge is 2.31. The molecule has 1 fully saturated rings. The van der Waals surface area contributed by atoms with Crippen molar-refractivity contribution >= 4 is 5.91 Å². The van der Waals surface area contributed by atoms with Crippen LogP contribution in [0.3, 0.4) is 0 Å². The van der Waals surface area contributed by atoms with Crippen LogP contribution in [0.1, 0.15) is 24.0 Å². The van der Waals surface area contributed by atoms with Crippen molar-refractivity contribution in [2.75, 3.05) is 28.4 Å². The Bertz CT molecular complexity index is 836. The summed E-state index contributed by atoms with van der Waals surface area (Å²) in [5.41, 5.74) is 2.14. The Hall–Kier alpha value is -2.89. The van der Waals surface area contributed by atoms with Crippen molar-refractivity contribution in [3.63, 3.8) is 0 Å². The van der Waals surface area contributed by atoms with Gasteiger partial charge in [-0.3, -0.25) is 4.79 Å². The lowest BCUT2D eigenvalue weighted by Gasteiger charge is -2.25. The maximum Gasteiger partial charge on any atom is 0.223 e. The summed E-state index contributed by atoms with van der Waals surface area (Å²) in [7, 11) is 6.48. The van der Waals surface area contributed by atoms with Crippen LogP contribution in [-0.4, -0.2) is 45.3 Å². The predicted octanol–water partition coefficient (Wildman–Crippen LogP) is 3.45. The van der Waals surface area contributed by atoms with E-state index in [1.54, 1.807) is 28.4 Å². The van der Waals surface area contributed by atoms with Gasteiger partial charge in [0, 0.05) is 19.0 Å². The molecule has 6 heteroatoms. The van der Waals surface area contributed by atoms with Crippen molar-refractivity contribution in [3.8, 4) is 23.0 Å². The summed E-state index contributed by atoms with van der Waals surface area (Å²) in [4.78, 5) is 14.5. The standard InChI is InChI=1S/C22H27NO5/c1-25-18-8-5-15(12-20(18)27-3)11-17-7-10-22(24)23(17)14-16-6-9-19(26-2)21(13-16)28-4/h5-6,8-9,12-13,17H,7,10-11,14H2,1-4H3/t17-/m0/s1. The maximum absolute atomic E-state index is 12.5. The average Bonchev–Trinajstić information content (AvgIpc) is 3.06. The second-order valence-corrected chi connectivity index (χ2v) is 6.80. The molecule has 0 bridgehead atoms. The van der Waals surface area contributed by atoms with E-state index in [1.165, 1.54) is 0 Å². The molecular formula is C22H27NO5. The quantitative estimate of drug-likeness (QED) is 0.697. The molecule has 1 aliphatic rings. The van der Waals surface area contributed by atoms with Crippen LogP contribution in [0.5, 0.6) is 23.0 Å². The molecule has 0 N–H and O–H groups in total. The Morgan fingerprint density at radius 1 is 0.821 bits per heavy atom. The van der Waals surface area contributed by atoms with Crippen LogP contribution >= 0.6 is 0 Å². The summed E-state index contributed by atoms with van der Waals surface area (Å²) in [5, 5.41) is 0. The van der Waals surface area contributed by atoms with Gasteiger partial charge >= 0.3 is 0 Å². The smallest absolute Gasteiger partial charge is 0.223 e. The normalized spacial score (nSPS) is 16.2. The fraction of sp³-hybridized carbons (Fsp3) is 0.409. The summed E-state index contributed by atoms with van der Waals surface area (Å²) >= 11 is 0. The van der Waals surface area contributed by atoms with Gasteiger partial charge in [-0.25, -0.2) is 0 Å². The minimum atomic E-state index is 0.152. The molecule has 1 atom stereocenters. The van der Waals surface area contributed by atoms with Gasteiger partial charge in [0.15, 0.2) is 23.0 Å². The number of ether oxygens (including phenoxy) is 4. The Labute approximate surface area is 166 Å². The average molecular weight is 385 g/mol. The third-order valence-corrected chi connectivity index (χ3v) is 5.17. The molecule has 0 saturated carbocycles. The summed E-state index contributed by atoms with van der Waals surface area (Å²) in [6, 6.07) is 11.8. The monoisotopic (exact) mass is 385 g/mol. The van der Waals surface area contributed by atoms with E-state index in [4.69, 9.17) is 18.9 Å². The Morgan fingerprint density at radius 3 is 1.93 bits per heavy atom. The lowest BCUT2D eigenvalue weighted by atomic mass is 10.0. The Balaban J connectivity index is 1.76. The van der Waals surface area contributed by atoms with Crippen molar-refractivity contribution in [2.24, 2.45) is 0 Å². The van der Waals surface area contributed by atoms with Crippen LogP contribution in [0.15, 0.2) is 36.4 Å². The second kappa shape index (κ2) is 8.87. The van der Waals surface area contributed by atoms with E-state index in [2.05, 4.69) is 0 Å². The molecule has 1 heterocycles. The molecule has 2 aromatic rings. The third-order valence-electron chi connectivity index (χ3n) is 5.17. The van der Waals surface area contributed by atoms with Gasteiger partial charge in [0.25, 0.3) is 0 Å². The number of hydrogen-bond acceptors (Lipinski definition) is 5. The van der Waals surface area contributed by atoms with Crippen molar-refractivity contribution in [1.29, 1.82) is 0 Å². The van der Waals surface area contributed by atoms with Crippen molar-refractivity contribution in [3.05, 3.63) is 47.5 Å². The molecule has 0 unspecified atom stereocenters. The number of amides is 1. The Morgan fingerprint density at radius 2 is 1.36 bits per heavy atom. The van der Waals surface area contributed by atoms with E-state index in [9.17, 15) is 4.79 Å². The second-order valence-electron chi connectivity index (χ2n) is 6.80. The molecule has 0 radical (unpaired) electrons. The minimum absolute atomic E-state index is 0.152. The number of hydrogen-bond donors (Lipinski definition) is 0. The summed E-state index contributed by atoms with van der Waals surface area (Å²) in [6.45, 7) is 0.553. The zero-order valence-electron chi connectivity index (χ0n) is 16.9. The number of carbonyl (C=O) groups excluding carboxylic acids is 1. The first-order valence-corrected chi connectivity index (χ1v) is 9.30. The first kappa shape index (κ1) is 19.9. The van der Waals surface area contributed by atoms with E-state index in [1.807, 2.05) is 41.3 Å². The number of nitrogens with zero attached hydrogens (tertiary/aromatic N) is 1. The molecule has 1 amide bonds. The molecule has 0 aromatic heterocycles. The van der Waals surface area contributed by atoms with Crippen LogP contribution in [0.2, 0.25) is 0 Å². The SMILES string of the molecule is COc1ccc(C[C@@H]2CCC(=O)N2Cc2ccc(OC)c(OC)c2)cc1OC. The fourth-order valence-corrected chi connectivity index (χ4v) is 3.68. The van der Waals surface area contributed by atoms with Crippen LogP contribution in [-0.2, 0) is 17.8 Å². The lowest BCUT2D eigenvalue weighted by molar-refractivity contribution is -0.129. The first-order chi connectivity index (χ1) is 13.6. The Kier molecular flexibility index (Phi) is 6.29. The fourth-order valence-electron chi connectivity index (χ4n) is 3.68. The molecule has 0 aliphatic carbocycles. The molecule has 28 heavy (non-hydrogen) atoms. The van der Waals surface area contributed by atoms with E-state index >= 15 is 0 Å². The van der Waals surface area contributed by atoms with Gasteiger partial charge in [0.05, 0.1) is 28.4 Å². The van der Waals surface area contributed by atoms with Gasteiger partial charge in [-0.1, -0.05) is 12.1 Å². The number of benzene rings is 2.